The molecule has 11 N–H and O–H groups in total. The van der Waals surface area contributed by atoms with E-state index < -0.39 is 72.4 Å². The van der Waals surface area contributed by atoms with Gasteiger partial charge in [0.1, 0.15) is 6.61 Å². The van der Waals surface area contributed by atoms with Gasteiger partial charge in [0.15, 0.2) is 23.3 Å². The molecule has 0 saturated carbocycles. The number of aliphatic hydroxyl groups excluding tert-OH is 1. The van der Waals surface area contributed by atoms with Crippen LogP contribution in [0.25, 0.3) is 0 Å². The van der Waals surface area contributed by atoms with Gasteiger partial charge in [-0.3, -0.25) is 33.8 Å². The first-order valence-electron chi connectivity index (χ1n) is 20.9. The third-order valence-corrected chi connectivity index (χ3v) is 9.58. The summed E-state index contributed by atoms with van der Waals surface area (Å²) in [7, 11) is 0. The van der Waals surface area contributed by atoms with Crippen LogP contribution in [0.15, 0.2) is 35.3 Å². The highest BCUT2D eigenvalue weighted by atomic mass is 16.5. The van der Waals surface area contributed by atoms with Crippen molar-refractivity contribution in [2.75, 3.05) is 52.7 Å². The third-order valence-electron chi connectivity index (χ3n) is 9.58. The minimum Gasteiger partial charge on any atom is -0.396 e. The number of Topliss-reactive ketones (excluding diaryl/α,β-unsaturated/α-hetero) is 3. The molecule has 1 rings (SSSR count). The standard InChI is InChI=1S/C42H72N8O9/c1-6-35(52)34(23-30-13-8-7-9-14-30)49-41(57)32(26-51)25-37(54)39(28(2)3)50-40(56)31(15-12-18-47-42(44)45)24-36(53)33(16-10-11-17-43)48-38(55)27-59-22-21-58-20-19-46-29(4)5/h7-9,13-14,28-29,31-34,39,46,51H,6,10-12,15-27,43H2,1-5H3,(H,48,55)(H,49,57)(H,50,56)(H4,44,45,47)/t31-,32+,33+,34+,39+/m1/s1. The number of ketones is 3. The van der Waals surface area contributed by atoms with Gasteiger partial charge in [0.25, 0.3) is 0 Å². The number of carbonyl (C=O) groups excluding carboxylic acids is 6. The molecule has 5 atom stereocenters. The molecular formula is C42H72N8O9. The summed E-state index contributed by atoms with van der Waals surface area (Å²) < 4.78 is 11.0. The van der Waals surface area contributed by atoms with Gasteiger partial charge in [-0.25, -0.2) is 0 Å². The van der Waals surface area contributed by atoms with Gasteiger partial charge < -0.3 is 53.0 Å². The van der Waals surface area contributed by atoms with Crippen LogP contribution in [0.4, 0.5) is 0 Å². The maximum Gasteiger partial charge on any atom is 0.246 e. The molecule has 3 amide bonds. The summed E-state index contributed by atoms with van der Waals surface area (Å²) in [6, 6.07) is 6.69. The van der Waals surface area contributed by atoms with Crippen molar-refractivity contribution in [2.45, 2.75) is 117 Å². The molecule has 0 aromatic heterocycles. The number of aliphatic hydroxyl groups is 1. The number of nitrogens with two attached hydrogens (primary N) is 3. The van der Waals surface area contributed by atoms with Gasteiger partial charge in [0, 0.05) is 44.3 Å². The van der Waals surface area contributed by atoms with E-state index in [-0.39, 0.29) is 63.0 Å². The lowest BCUT2D eigenvalue weighted by Gasteiger charge is -2.27. The number of amides is 3. The third kappa shape index (κ3) is 23.2. The lowest BCUT2D eigenvalue weighted by Crippen LogP contribution is -2.50. The zero-order valence-corrected chi connectivity index (χ0v) is 35.8. The Morgan fingerprint density at radius 1 is 0.763 bits per heavy atom. The van der Waals surface area contributed by atoms with Gasteiger partial charge in [-0.05, 0) is 56.6 Å². The van der Waals surface area contributed by atoms with Gasteiger partial charge in [-0.1, -0.05) is 65.0 Å². The van der Waals surface area contributed by atoms with Gasteiger partial charge in [-0.15, -0.1) is 0 Å². The highest BCUT2D eigenvalue weighted by molar-refractivity contribution is 5.96. The molecule has 1 aromatic rings. The number of carbonyl (C=O) groups is 6. The molecule has 0 saturated heterocycles. The van der Waals surface area contributed by atoms with E-state index in [1.54, 1.807) is 20.8 Å². The molecule has 17 heteroatoms. The van der Waals surface area contributed by atoms with Crippen molar-refractivity contribution in [3.05, 3.63) is 35.9 Å². The number of hydrogen-bond donors (Lipinski definition) is 8. The van der Waals surface area contributed by atoms with Crippen molar-refractivity contribution < 1.29 is 43.3 Å². The molecule has 59 heavy (non-hydrogen) atoms. The molecule has 334 valence electrons. The van der Waals surface area contributed by atoms with E-state index in [4.69, 9.17) is 26.7 Å². The smallest absolute Gasteiger partial charge is 0.246 e. The molecule has 0 bridgehead atoms. The zero-order chi connectivity index (χ0) is 44.2. The Balaban J connectivity index is 3.08. The molecule has 0 aliphatic heterocycles. The summed E-state index contributed by atoms with van der Waals surface area (Å²) in [5.74, 6) is -5.45. The monoisotopic (exact) mass is 833 g/mol. The number of nitrogens with one attached hydrogen (secondary N) is 4. The average molecular weight is 833 g/mol. The second kappa shape index (κ2) is 30.7. The van der Waals surface area contributed by atoms with Crippen LogP contribution in [0.2, 0.25) is 0 Å². The van der Waals surface area contributed by atoms with Crippen LogP contribution in [0.5, 0.6) is 0 Å². The lowest BCUT2D eigenvalue weighted by molar-refractivity contribution is -0.136. The van der Waals surface area contributed by atoms with E-state index in [2.05, 4.69) is 26.3 Å². The van der Waals surface area contributed by atoms with Crippen LogP contribution >= 0.6 is 0 Å². The molecule has 0 unspecified atom stereocenters. The molecule has 17 nitrogen and oxygen atoms in total. The predicted octanol–water partition coefficient (Wildman–Crippen LogP) is 0.676. The largest absolute Gasteiger partial charge is 0.396 e. The number of hydrogen-bond acceptors (Lipinski definition) is 12. The summed E-state index contributed by atoms with van der Waals surface area (Å²) in [5.41, 5.74) is 17.5. The van der Waals surface area contributed by atoms with Crippen LogP contribution in [-0.4, -0.2) is 123 Å². The van der Waals surface area contributed by atoms with Gasteiger partial charge in [0.2, 0.25) is 17.7 Å². The second-order valence-corrected chi connectivity index (χ2v) is 15.3. The summed E-state index contributed by atoms with van der Waals surface area (Å²) in [5, 5.41) is 21.7. The lowest BCUT2D eigenvalue weighted by atomic mass is 9.89. The van der Waals surface area contributed by atoms with Gasteiger partial charge in [-0.2, -0.15) is 0 Å². The quantitative estimate of drug-likeness (QED) is 0.0270. The maximum atomic E-state index is 13.9. The average Bonchev–Trinajstić information content (AvgIpc) is 3.19. The fraction of sp³-hybridized carbons (Fsp3) is 0.690. The van der Waals surface area contributed by atoms with E-state index in [0.29, 0.717) is 58.0 Å². The first-order valence-corrected chi connectivity index (χ1v) is 20.9. The molecular weight excluding hydrogens is 761 g/mol. The molecule has 0 heterocycles. The Kier molecular flexibility index (Phi) is 27.4. The topological polar surface area (TPSA) is 280 Å². The van der Waals surface area contributed by atoms with E-state index in [1.807, 2.05) is 44.2 Å². The Bertz CT molecular complexity index is 1440. The number of nitrogens with zero attached hydrogens (tertiary/aromatic N) is 1. The highest BCUT2D eigenvalue weighted by Crippen LogP contribution is 2.19. The van der Waals surface area contributed by atoms with Crippen LogP contribution in [0, 0.1) is 17.8 Å². The number of unbranched alkanes of at least 4 members (excludes halogenated alkanes) is 1. The summed E-state index contributed by atoms with van der Waals surface area (Å²) >= 11 is 0. The van der Waals surface area contributed by atoms with E-state index in [1.165, 1.54) is 0 Å². The van der Waals surface area contributed by atoms with Crippen LogP contribution in [0.3, 0.4) is 0 Å². The Morgan fingerprint density at radius 3 is 2.03 bits per heavy atom. The maximum absolute atomic E-state index is 13.9. The summed E-state index contributed by atoms with van der Waals surface area (Å²) in [6.45, 7) is 10.5. The molecule has 0 fully saturated rings. The van der Waals surface area contributed by atoms with Crippen molar-refractivity contribution in [3.8, 4) is 0 Å². The fourth-order valence-electron chi connectivity index (χ4n) is 6.23. The highest BCUT2D eigenvalue weighted by Gasteiger charge is 2.34. The molecule has 0 spiro atoms. The number of rotatable bonds is 34. The number of benzene rings is 1. The first kappa shape index (κ1) is 52.7. The van der Waals surface area contributed by atoms with Crippen molar-refractivity contribution in [3.63, 3.8) is 0 Å². The van der Waals surface area contributed by atoms with E-state index in [0.717, 1.165) is 5.56 Å². The molecule has 0 aliphatic rings. The van der Waals surface area contributed by atoms with Crippen molar-refractivity contribution >= 4 is 41.0 Å². The predicted molar refractivity (Wildman–Crippen MR) is 227 cm³/mol. The zero-order valence-electron chi connectivity index (χ0n) is 35.8. The SMILES string of the molecule is CCC(=O)[C@H](Cc1ccccc1)NC(=O)[C@H](CO)CC(=O)[C@@H](NC(=O)[C@H](CCCN=C(N)N)CC(=O)[C@H](CCCCN)NC(=O)COCCOCCNC(C)C)C(C)C. The summed E-state index contributed by atoms with van der Waals surface area (Å²) in [6.07, 6.45) is 1.76. The van der Waals surface area contributed by atoms with Gasteiger partial charge in [0.05, 0.1) is 50.5 Å². The molecule has 0 radical (unpaired) electrons. The van der Waals surface area contributed by atoms with Crippen LogP contribution < -0.4 is 38.5 Å². The normalized spacial score (nSPS) is 13.8. The number of ether oxygens (including phenoxy) is 2. The summed E-state index contributed by atoms with van der Waals surface area (Å²) in [4.78, 5) is 84.5. The first-order chi connectivity index (χ1) is 28.1. The van der Waals surface area contributed by atoms with E-state index in [9.17, 15) is 33.9 Å². The van der Waals surface area contributed by atoms with E-state index >= 15 is 0 Å². The second-order valence-electron chi connectivity index (χ2n) is 15.3. The minimum absolute atomic E-state index is 0.125. The van der Waals surface area contributed by atoms with Crippen molar-refractivity contribution in [1.29, 1.82) is 0 Å². The Hall–Kier alpha value is -4.29. The van der Waals surface area contributed by atoms with Crippen molar-refractivity contribution in [1.82, 2.24) is 21.3 Å². The van der Waals surface area contributed by atoms with Crippen LogP contribution in [-0.2, 0) is 44.7 Å². The number of guanidine groups is 1. The fourth-order valence-corrected chi connectivity index (χ4v) is 6.23. The van der Waals surface area contributed by atoms with Crippen molar-refractivity contribution in [2.24, 2.45) is 39.9 Å². The number of aliphatic imine (C=N–C) groups is 1. The van der Waals surface area contributed by atoms with Gasteiger partial charge >= 0.3 is 0 Å². The van der Waals surface area contributed by atoms with Crippen LogP contribution in [0.1, 0.15) is 91.5 Å². The minimum atomic E-state index is -1.18. The Morgan fingerprint density at radius 2 is 1.42 bits per heavy atom. The molecule has 0 aliphatic carbocycles. The molecule has 1 aromatic carbocycles. The Labute approximate surface area is 350 Å².